The number of halogens is 1. The minimum atomic E-state index is -1.03. The summed E-state index contributed by atoms with van der Waals surface area (Å²) in [4.78, 5) is 25.6. The molecule has 4 heteroatoms. The number of carbonyl (C=O) groups is 2. The third-order valence-electron chi connectivity index (χ3n) is 5.22. The molecule has 0 amide bonds. The summed E-state index contributed by atoms with van der Waals surface area (Å²) in [7, 11) is 0. The Labute approximate surface area is 156 Å². The largest absolute Gasteiger partial charge is 0.452 e. The Bertz CT molecular complexity index is 1030. The molecule has 0 spiro atoms. The maximum Gasteiger partial charge on any atom is 0.321 e. The van der Waals surface area contributed by atoms with Crippen LogP contribution >= 0.6 is 11.6 Å². The Morgan fingerprint density at radius 1 is 1.04 bits per heavy atom. The number of cyclic esters (lactones) is 1. The van der Waals surface area contributed by atoms with Crippen molar-refractivity contribution >= 4 is 34.1 Å². The minimum Gasteiger partial charge on any atom is -0.452 e. The lowest BCUT2D eigenvalue weighted by Gasteiger charge is -2.46. The number of Topliss-reactive ketones (excluding diaryl/α,β-unsaturated/α-hetero) is 1. The van der Waals surface area contributed by atoms with Crippen LogP contribution in [0.15, 0.2) is 66.7 Å². The molecular formula is C22H17ClO3. The van der Waals surface area contributed by atoms with Crippen molar-refractivity contribution in [1.82, 2.24) is 0 Å². The van der Waals surface area contributed by atoms with E-state index in [0.717, 1.165) is 10.8 Å². The zero-order chi connectivity index (χ0) is 18.3. The van der Waals surface area contributed by atoms with Crippen molar-refractivity contribution in [3.05, 3.63) is 82.9 Å². The summed E-state index contributed by atoms with van der Waals surface area (Å²) in [5.41, 5.74) is 0.159. The molecular weight excluding hydrogens is 348 g/mol. The molecule has 1 aliphatic rings. The van der Waals surface area contributed by atoms with E-state index in [9.17, 15) is 9.59 Å². The fourth-order valence-corrected chi connectivity index (χ4v) is 4.03. The van der Waals surface area contributed by atoms with Gasteiger partial charge in [-0.25, -0.2) is 0 Å². The molecule has 1 fully saturated rings. The van der Waals surface area contributed by atoms with Gasteiger partial charge in [0.2, 0.25) is 5.78 Å². The van der Waals surface area contributed by atoms with E-state index >= 15 is 0 Å². The van der Waals surface area contributed by atoms with Crippen LogP contribution in [0, 0.1) is 0 Å². The quantitative estimate of drug-likeness (QED) is 0.486. The molecule has 0 N–H and O–H groups in total. The van der Waals surface area contributed by atoms with Crippen molar-refractivity contribution in [3.8, 4) is 0 Å². The normalized spacial score (nSPS) is 21.9. The smallest absolute Gasteiger partial charge is 0.321 e. The predicted octanol–water partition coefficient (Wildman–Crippen LogP) is 4.95. The maximum absolute atomic E-state index is 13.2. The Kier molecular flexibility index (Phi) is 4.04. The van der Waals surface area contributed by atoms with E-state index in [1.165, 1.54) is 0 Å². The van der Waals surface area contributed by atoms with Gasteiger partial charge in [0.1, 0.15) is 5.41 Å². The second kappa shape index (κ2) is 6.26. The highest BCUT2D eigenvalue weighted by Gasteiger charge is 2.61. The Balaban J connectivity index is 1.77. The lowest BCUT2D eigenvalue weighted by molar-refractivity contribution is -0.184. The number of hydrogen-bond acceptors (Lipinski definition) is 3. The van der Waals surface area contributed by atoms with Crippen LogP contribution in [0.5, 0.6) is 0 Å². The first-order valence-electron chi connectivity index (χ1n) is 8.57. The second-order valence-corrected chi connectivity index (χ2v) is 6.92. The highest BCUT2D eigenvalue weighted by molar-refractivity contribution is 6.32. The van der Waals surface area contributed by atoms with Gasteiger partial charge in [-0.05, 0) is 34.9 Å². The Morgan fingerprint density at radius 3 is 2.42 bits per heavy atom. The Morgan fingerprint density at radius 2 is 1.73 bits per heavy atom. The molecule has 0 aliphatic carbocycles. The minimum absolute atomic E-state index is 0.197. The van der Waals surface area contributed by atoms with E-state index in [1.54, 1.807) is 24.3 Å². The molecule has 4 rings (SSSR count). The summed E-state index contributed by atoms with van der Waals surface area (Å²) in [6.45, 7) is 1.88. The van der Waals surface area contributed by atoms with Crippen LogP contribution in [0.2, 0.25) is 5.02 Å². The van der Waals surface area contributed by atoms with Crippen molar-refractivity contribution in [2.45, 2.75) is 24.9 Å². The van der Waals surface area contributed by atoms with Crippen molar-refractivity contribution < 1.29 is 14.3 Å². The second-order valence-electron chi connectivity index (χ2n) is 6.52. The van der Waals surface area contributed by atoms with Gasteiger partial charge in [0, 0.05) is 10.6 Å². The van der Waals surface area contributed by atoms with E-state index in [2.05, 4.69) is 0 Å². The first kappa shape index (κ1) is 16.8. The van der Waals surface area contributed by atoms with Crippen molar-refractivity contribution in [3.63, 3.8) is 0 Å². The number of carbonyl (C=O) groups excluding carboxylic acids is 2. The Hall–Kier alpha value is -2.65. The highest BCUT2D eigenvalue weighted by atomic mass is 35.5. The molecule has 0 radical (unpaired) electrons. The molecule has 3 aromatic rings. The first-order valence-corrected chi connectivity index (χ1v) is 8.95. The highest BCUT2D eigenvalue weighted by Crippen LogP contribution is 2.46. The molecule has 0 saturated carbocycles. The van der Waals surface area contributed by atoms with Crippen molar-refractivity contribution in [2.24, 2.45) is 0 Å². The zero-order valence-electron chi connectivity index (χ0n) is 14.2. The van der Waals surface area contributed by atoms with Crippen LogP contribution in [-0.4, -0.2) is 17.9 Å². The van der Waals surface area contributed by atoms with Crippen LogP contribution in [0.4, 0.5) is 0 Å². The zero-order valence-corrected chi connectivity index (χ0v) is 15.0. The van der Waals surface area contributed by atoms with E-state index in [1.807, 2.05) is 49.4 Å². The average molecular weight is 365 g/mol. The molecule has 0 unspecified atom stereocenters. The maximum atomic E-state index is 13.2. The first-order chi connectivity index (χ1) is 12.6. The van der Waals surface area contributed by atoms with E-state index in [-0.39, 0.29) is 5.78 Å². The predicted molar refractivity (Wildman–Crippen MR) is 102 cm³/mol. The lowest BCUT2D eigenvalue weighted by Crippen LogP contribution is -2.63. The molecule has 0 bridgehead atoms. The van der Waals surface area contributed by atoms with Crippen molar-refractivity contribution in [1.29, 1.82) is 0 Å². The van der Waals surface area contributed by atoms with Gasteiger partial charge in [-0.2, -0.15) is 0 Å². The van der Waals surface area contributed by atoms with Crippen LogP contribution < -0.4 is 0 Å². The molecule has 1 heterocycles. The molecule has 26 heavy (non-hydrogen) atoms. The number of ketones is 1. The topological polar surface area (TPSA) is 43.4 Å². The van der Waals surface area contributed by atoms with E-state index < -0.39 is 17.5 Å². The SMILES string of the molecule is CC[C@]1(c2ccccc2Cl)C(=O)O[C@@H]1C(=O)c1ccc2ccccc2c1. The molecule has 3 nitrogen and oxygen atoms in total. The van der Waals surface area contributed by atoms with Gasteiger partial charge in [-0.3, -0.25) is 9.59 Å². The van der Waals surface area contributed by atoms with Gasteiger partial charge in [-0.15, -0.1) is 0 Å². The number of fused-ring (bicyclic) bond motifs is 1. The summed E-state index contributed by atoms with van der Waals surface area (Å²) in [5.74, 6) is -0.593. The summed E-state index contributed by atoms with van der Waals surface area (Å²) in [6, 6.07) is 20.5. The fourth-order valence-electron chi connectivity index (χ4n) is 3.73. The van der Waals surface area contributed by atoms with E-state index in [4.69, 9.17) is 16.3 Å². The number of ether oxygens (including phenoxy) is 1. The molecule has 1 saturated heterocycles. The molecule has 130 valence electrons. The summed E-state index contributed by atoms with van der Waals surface area (Å²) in [6.07, 6.45) is -0.416. The molecule has 2 atom stereocenters. The van der Waals surface area contributed by atoms with Gasteiger partial charge in [-0.1, -0.05) is 73.1 Å². The molecule has 1 aliphatic heterocycles. The number of rotatable bonds is 4. The molecule has 0 aromatic heterocycles. The summed E-state index contributed by atoms with van der Waals surface area (Å²) < 4.78 is 5.34. The summed E-state index contributed by atoms with van der Waals surface area (Å²) >= 11 is 6.34. The average Bonchev–Trinajstić information content (AvgIpc) is 2.67. The van der Waals surface area contributed by atoms with Crippen LogP contribution in [-0.2, 0) is 14.9 Å². The molecule has 3 aromatic carbocycles. The van der Waals surface area contributed by atoms with Crippen LogP contribution in [0.3, 0.4) is 0 Å². The standard InChI is InChI=1S/C22H17ClO3/c1-2-22(17-9-5-6-10-18(17)23)20(26-21(22)25)19(24)16-12-11-14-7-3-4-8-15(14)13-16/h3-13,20H,2H2,1H3/t20-,22-/m1/s1. The van der Waals surface area contributed by atoms with Crippen molar-refractivity contribution in [2.75, 3.05) is 0 Å². The van der Waals surface area contributed by atoms with Gasteiger partial charge >= 0.3 is 5.97 Å². The lowest BCUT2D eigenvalue weighted by atomic mass is 9.67. The van der Waals surface area contributed by atoms with Crippen LogP contribution in [0.25, 0.3) is 10.8 Å². The van der Waals surface area contributed by atoms with Gasteiger partial charge in [0.05, 0.1) is 0 Å². The number of esters is 1. The van der Waals surface area contributed by atoms with Gasteiger partial charge < -0.3 is 4.74 Å². The number of hydrogen-bond donors (Lipinski definition) is 0. The van der Waals surface area contributed by atoms with Gasteiger partial charge in [0.15, 0.2) is 6.10 Å². The third-order valence-corrected chi connectivity index (χ3v) is 5.55. The fraction of sp³-hybridized carbons (Fsp3) is 0.182. The monoisotopic (exact) mass is 364 g/mol. The third kappa shape index (κ3) is 2.35. The number of benzene rings is 3. The van der Waals surface area contributed by atoms with Gasteiger partial charge in [0.25, 0.3) is 0 Å². The van der Waals surface area contributed by atoms with Crippen LogP contribution in [0.1, 0.15) is 29.3 Å². The van der Waals surface area contributed by atoms with E-state index in [0.29, 0.717) is 22.6 Å². The summed E-state index contributed by atoms with van der Waals surface area (Å²) in [5, 5.41) is 2.51.